The molecule has 1 atom stereocenters. The zero-order valence-electron chi connectivity index (χ0n) is 16.2. The second kappa shape index (κ2) is 10.1. The topological polar surface area (TPSA) is 90.7 Å². The molecule has 2 aromatic rings. The average Bonchev–Trinajstić information content (AvgIpc) is 2.71. The van der Waals surface area contributed by atoms with E-state index in [9.17, 15) is 14.9 Å². The van der Waals surface area contributed by atoms with E-state index < -0.39 is 10.9 Å². The van der Waals surface area contributed by atoms with Crippen molar-refractivity contribution in [3.8, 4) is 5.75 Å². The summed E-state index contributed by atoms with van der Waals surface area (Å²) in [6.45, 7) is 4.01. The number of carbonyl (C=O) groups excluding carboxylic acids is 1. The van der Waals surface area contributed by atoms with Gasteiger partial charge < -0.3 is 14.8 Å². The molecule has 1 N–H and O–H groups in total. The molecule has 0 saturated carbocycles. The Kier molecular flexibility index (Phi) is 7.56. The maximum Gasteiger partial charge on any atom is 0.354 e. The third-order valence-corrected chi connectivity index (χ3v) is 4.20. The van der Waals surface area contributed by atoms with Gasteiger partial charge in [0.1, 0.15) is 11.4 Å². The number of nitrogens with one attached hydrogen (secondary N) is 1. The van der Waals surface area contributed by atoms with Gasteiger partial charge in [0, 0.05) is 23.7 Å². The number of nitro benzene ring substituents is 1. The van der Waals surface area contributed by atoms with Crippen LogP contribution in [0.15, 0.2) is 60.3 Å². The molecule has 1 unspecified atom stereocenters. The maximum absolute atomic E-state index is 12.4. The number of benzene rings is 2. The molecule has 0 spiro atoms. The molecule has 0 saturated heterocycles. The Morgan fingerprint density at radius 3 is 2.29 bits per heavy atom. The fraction of sp³-hybridized carbons (Fsp3) is 0.286. The first-order chi connectivity index (χ1) is 13.5. The standard InChI is InChI=1S/C21H24N2O5/c1-4-15(16-6-12-19(27-3)13-7-16)14-20(21(24)28-5-2)22-17-8-10-18(11-9-17)23(25)26/h6-15,22H,4-5H2,1-3H3/b20-14-. The van der Waals surface area contributed by atoms with Crippen molar-refractivity contribution >= 4 is 17.3 Å². The van der Waals surface area contributed by atoms with Crippen LogP contribution in [0.3, 0.4) is 0 Å². The molecule has 7 nitrogen and oxygen atoms in total. The van der Waals surface area contributed by atoms with Crippen molar-refractivity contribution in [1.82, 2.24) is 0 Å². The quantitative estimate of drug-likeness (QED) is 0.293. The van der Waals surface area contributed by atoms with Gasteiger partial charge in [0.05, 0.1) is 18.6 Å². The minimum atomic E-state index is -0.479. The highest BCUT2D eigenvalue weighted by Gasteiger charge is 2.16. The van der Waals surface area contributed by atoms with Crippen LogP contribution < -0.4 is 10.1 Å². The Morgan fingerprint density at radius 2 is 1.79 bits per heavy atom. The number of hydrogen-bond acceptors (Lipinski definition) is 6. The normalized spacial score (nSPS) is 12.2. The molecule has 0 aliphatic rings. The summed E-state index contributed by atoms with van der Waals surface area (Å²) in [7, 11) is 1.61. The number of esters is 1. The number of methoxy groups -OCH3 is 1. The summed E-state index contributed by atoms with van der Waals surface area (Å²) < 4.78 is 10.3. The van der Waals surface area contributed by atoms with Crippen LogP contribution in [0.1, 0.15) is 31.7 Å². The van der Waals surface area contributed by atoms with Gasteiger partial charge in [-0.3, -0.25) is 10.1 Å². The molecule has 0 aliphatic heterocycles. The third-order valence-electron chi connectivity index (χ3n) is 4.20. The molecule has 148 valence electrons. The van der Waals surface area contributed by atoms with Crippen LogP contribution in [0, 0.1) is 10.1 Å². The maximum atomic E-state index is 12.4. The first-order valence-corrected chi connectivity index (χ1v) is 9.02. The van der Waals surface area contributed by atoms with E-state index in [1.807, 2.05) is 37.3 Å². The zero-order chi connectivity index (χ0) is 20.5. The molecule has 0 fully saturated rings. The number of anilines is 1. The zero-order valence-corrected chi connectivity index (χ0v) is 16.2. The van der Waals surface area contributed by atoms with Crippen LogP contribution in [0.25, 0.3) is 0 Å². The molecule has 7 heteroatoms. The number of hydrogen-bond donors (Lipinski definition) is 1. The van der Waals surface area contributed by atoms with E-state index in [1.165, 1.54) is 12.1 Å². The van der Waals surface area contributed by atoms with Crippen LogP contribution in [0.5, 0.6) is 5.75 Å². The second-order valence-electron chi connectivity index (χ2n) is 6.02. The second-order valence-corrected chi connectivity index (χ2v) is 6.02. The summed E-state index contributed by atoms with van der Waals surface area (Å²) in [5.41, 5.74) is 1.88. The van der Waals surface area contributed by atoms with E-state index in [4.69, 9.17) is 9.47 Å². The molecule has 2 aromatic carbocycles. The fourth-order valence-electron chi connectivity index (χ4n) is 2.69. The molecule has 2 rings (SSSR count). The Labute approximate surface area is 164 Å². The number of non-ortho nitro benzene ring substituents is 1. The van der Waals surface area contributed by atoms with Crippen molar-refractivity contribution in [2.75, 3.05) is 19.0 Å². The highest BCUT2D eigenvalue weighted by atomic mass is 16.6. The van der Waals surface area contributed by atoms with Crippen LogP contribution in [0.4, 0.5) is 11.4 Å². The lowest BCUT2D eigenvalue weighted by atomic mass is 9.95. The van der Waals surface area contributed by atoms with Crippen LogP contribution in [0.2, 0.25) is 0 Å². The van der Waals surface area contributed by atoms with Crippen molar-refractivity contribution in [3.05, 3.63) is 76.0 Å². The van der Waals surface area contributed by atoms with Crippen molar-refractivity contribution in [3.63, 3.8) is 0 Å². The van der Waals surface area contributed by atoms with Crippen molar-refractivity contribution in [2.45, 2.75) is 26.2 Å². The predicted molar refractivity (Wildman–Crippen MR) is 107 cm³/mol. The predicted octanol–water partition coefficient (Wildman–Crippen LogP) is 4.66. The van der Waals surface area contributed by atoms with Crippen molar-refractivity contribution in [1.29, 1.82) is 0 Å². The van der Waals surface area contributed by atoms with E-state index in [0.29, 0.717) is 11.4 Å². The number of rotatable bonds is 9. The van der Waals surface area contributed by atoms with Gasteiger partial charge in [0.15, 0.2) is 0 Å². The molecule has 0 aromatic heterocycles. The van der Waals surface area contributed by atoms with Gasteiger partial charge in [0.25, 0.3) is 5.69 Å². The summed E-state index contributed by atoms with van der Waals surface area (Å²) in [6.07, 6.45) is 2.60. The van der Waals surface area contributed by atoms with Crippen molar-refractivity contribution < 1.29 is 19.2 Å². The van der Waals surface area contributed by atoms with E-state index in [-0.39, 0.29) is 18.2 Å². The summed E-state index contributed by atoms with van der Waals surface area (Å²) in [5, 5.41) is 13.8. The van der Waals surface area contributed by atoms with E-state index >= 15 is 0 Å². The molecule has 0 amide bonds. The minimum Gasteiger partial charge on any atom is -0.497 e. The summed E-state index contributed by atoms with van der Waals surface area (Å²) in [6, 6.07) is 13.5. The number of nitro groups is 1. The van der Waals surface area contributed by atoms with E-state index in [0.717, 1.165) is 17.7 Å². The number of ether oxygens (including phenoxy) is 2. The average molecular weight is 384 g/mol. The van der Waals surface area contributed by atoms with Crippen LogP contribution in [-0.4, -0.2) is 24.6 Å². The van der Waals surface area contributed by atoms with Gasteiger partial charge >= 0.3 is 5.97 Å². The van der Waals surface area contributed by atoms with E-state index in [1.54, 1.807) is 26.2 Å². The van der Waals surface area contributed by atoms with Gasteiger partial charge in [-0.25, -0.2) is 4.79 Å². The lowest BCUT2D eigenvalue weighted by Gasteiger charge is -2.16. The molecular weight excluding hydrogens is 360 g/mol. The van der Waals surface area contributed by atoms with E-state index in [2.05, 4.69) is 5.32 Å². The summed E-state index contributed by atoms with van der Waals surface area (Å²) in [5.74, 6) is 0.265. The largest absolute Gasteiger partial charge is 0.497 e. The Bertz CT molecular complexity index is 829. The number of allylic oxidation sites excluding steroid dienone is 1. The molecule has 0 aliphatic carbocycles. The molecule has 0 bridgehead atoms. The lowest BCUT2D eigenvalue weighted by Crippen LogP contribution is -2.16. The highest BCUT2D eigenvalue weighted by Crippen LogP contribution is 2.26. The molecule has 0 radical (unpaired) electrons. The number of carbonyl (C=O) groups is 1. The highest BCUT2D eigenvalue weighted by molar-refractivity contribution is 5.92. The van der Waals surface area contributed by atoms with Gasteiger partial charge in [-0.15, -0.1) is 0 Å². The smallest absolute Gasteiger partial charge is 0.354 e. The SMILES string of the molecule is CCOC(=O)/C(=C/C(CC)c1ccc(OC)cc1)Nc1ccc([N+](=O)[O-])cc1. The van der Waals surface area contributed by atoms with Crippen LogP contribution >= 0.6 is 0 Å². The Morgan fingerprint density at radius 1 is 1.14 bits per heavy atom. The lowest BCUT2D eigenvalue weighted by molar-refractivity contribution is -0.384. The van der Waals surface area contributed by atoms with Crippen LogP contribution in [-0.2, 0) is 9.53 Å². The van der Waals surface area contributed by atoms with Gasteiger partial charge in [-0.2, -0.15) is 0 Å². The summed E-state index contributed by atoms with van der Waals surface area (Å²) in [4.78, 5) is 22.8. The Balaban J connectivity index is 2.31. The van der Waals surface area contributed by atoms with Gasteiger partial charge in [-0.1, -0.05) is 19.1 Å². The first-order valence-electron chi connectivity index (χ1n) is 9.02. The third kappa shape index (κ3) is 5.57. The molecule has 28 heavy (non-hydrogen) atoms. The van der Waals surface area contributed by atoms with Gasteiger partial charge in [0.2, 0.25) is 0 Å². The first kappa shape index (κ1) is 21.0. The minimum absolute atomic E-state index is 0.0168. The monoisotopic (exact) mass is 384 g/mol. The fourth-order valence-corrected chi connectivity index (χ4v) is 2.69. The summed E-state index contributed by atoms with van der Waals surface area (Å²) >= 11 is 0. The van der Waals surface area contributed by atoms with Crippen molar-refractivity contribution in [2.24, 2.45) is 0 Å². The molecular formula is C21H24N2O5. The molecule has 0 heterocycles. The Hall–Kier alpha value is -3.35. The number of nitrogens with zero attached hydrogens (tertiary/aromatic N) is 1. The van der Waals surface area contributed by atoms with Gasteiger partial charge in [-0.05, 0) is 49.2 Å².